The van der Waals surface area contributed by atoms with Gasteiger partial charge in [-0.2, -0.15) is 0 Å². The number of hydrogen-bond acceptors (Lipinski definition) is 1. The van der Waals surface area contributed by atoms with E-state index in [-0.39, 0.29) is 5.78 Å². The van der Waals surface area contributed by atoms with Gasteiger partial charge in [-0.3, -0.25) is 4.79 Å². The lowest BCUT2D eigenvalue weighted by Gasteiger charge is -2.26. The molecule has 0 amide bonds. The Morgan fingerprint density at radius 2 is 1.68 bits per heavy atom. The highest BCUT2D eigenvalue weighted by atomic mass is 79.9. The fraction of sp³-hybridized carbons (Fsp3) is 0.235. The molecule has 2 aromatic carbocycles. The number of hydrogen-bond donors (Lipinski definition) is 0. The van der Waals surface area contributed by atoms with Crippen molar-refractivity contribution in [2.24, 2.45) is 0 Å². The third kappa shape index (κ3) is 2.64. The molecular weight excluding hydrogens is 300 g/mol. The van der Waals surface area contributed by atoms with E-state index in [9.17, 15) is 4.79 Å². The van der Waals surface area contributed by atoms with E-state index in [1.54, 1.807) is 0 Å². The van der Waals surface area contributed by atoms with E-state index in [0.717, 1.165) is 15.6 Å². The summed E-state index contributed by atoms with van der Waals surface area (Å²) in [4.78, 5) is 12.5. The molecule has 2 heteroatoms. The van der Waals surface area contributed by atoms with Gasteiger partial charge in [-0.15, -0.1) is 0 Å². The first-order chi connectivity index (χ1) is 9.24. The molecule has 0 aliphatic heterocycles. The first-order valence-corrected chi connectivity index (χ1v) is 7.43. The molecule has 0 saturated heterocycles. The van der Waals surface area contributed by atoms with Crippen molar-refractivity contribution in [3.05, 3.63) is 69.7 Å². The first kappa shape index (κ1) is 12.6. The summed E-state index contributed by atoms with van der Waals surface area (Å²) in [5.41, 5.74) is 2.84. The highest BCUT2D eigenvalue weighted by Gasteiger charge is 2.20. The monoisotopic (exact) mass is 314 g/mol. The average molecular weight is 315 g/mol. The van der Waals surface area contributed by atoms with Gasteiger partial charge in [0, 0.05) is 15.6 Å². The average Bonchev–Trinajstić information content (AvgIpc) is 2.36. The number of rotatable bonds is 3. The molecule has 0 unspecified atom stereocenters. The number of ketones is 1. The third-order valence-corrected chi connectivity index (χ3v) is 4.31. The zero-order valence-electron chi connectivity index (χ0n) is 10.6. The number of halogens is 1. The van der Waals surface area contributed by atoms with Gasteiger partial charge in [-0.05, 0) is 42.5 Å². The summed E-state index contributed by atoms with van der Waals surface area (Å²) in [7, 11) is 0. The molecule has 1 saturated carbocycles. The van der Waals surface area contributed by atoms with Crippen molar-refractivity contribution < 1.29 is 4.79 Å². The van der Waals surface area contributed by atoms with Gasteiger partial charge < -0.3 is 0 Å². The van der Waals surface area contributed by atoms with Crippen LogP contribution in [-0.4, -0.2) is 5.78 Å². The molecule has 1 nitrogen and oxygen atoms in total. The van der Waals surface area contributed by atoms with Crippen LogP contribution in [0.5, 0.6) is 0 Å². The Hall–Kier alpha value is -1.41. The van der Waals surface area contributed by atoms with Crippen molar-refractivity contribution in [1.82, 2.24) is 0 Å². The second-order valence-corrected chi connectivity index (χ2v) is 6.01. The second-order valence-electron chi connectivity index (χ2n) is 5.09. The molecule has 0 aromatic heterocycles. The third-order valence-electron chi connectivity index (χ3n) is 3.81. The summed E-state index contributed by atoms with van der Waals surface area (Å²) in [6, 6.07) is 15.7. The van der Waals surface area contributed by atoms with Crippen LogP contribution in [0.2, 0.25) is 0 Å². The molecule has 96 valence electrons. The van der Waals surface area contributed by atoms with E-state index >= 15 is 0 Å². The van der Waals surface area contributed by atoms with Gasteiger partial charge in [-0.25, -0.2) is 0 Å². The van der Waals surface area contributed by atoms with Gasteiger partial charge in [0.05, 0.1) is 0 Å². The fourth-order valence-corrected chi connectivity index (χ4v) is 2.87. The van der Waals surface area contributed by atoms with E-state index in [1.165, 1.54) is 24.8 Å². The molecule has 2 aromatic rings. The van der Waals surface area contributed by atoms with Crippen molar-refractivity contribution in [2.45, 2.75) is 25.2 Å². The van der Waals surface area contributed by atoms with Crippen LogP contribution >= 0.6 is 15.9 Å². The number of carbonyl (C=O) groups is 1. The largest absolute Gasteiger partial charge is 0.289 e. The summed E-state index contributed by atoms with van der Waals surface area (Å²) < 4.78 is 0.938. The molecule has 0 spiro atoms. The minimum atomic E-state index is 0.0995. The Labute approximate surface area is 121 Å². The quantitative estimate of drug-likeness (QED) is 0.733. The number of benzene rings is 2. The van der Waals surface area contributed by atoms with Crippen molar-refractivity contribution in [1.29, 1.82) is 0 Å². The van der Waals surface area contributed by atoms with Gasteiger partial charge in [-0.1, -0.05) is 52.7 Å². The normalized spacial score (nSPS) is 15.0. The summed E-state index contributed by atoms with van der Waals surface area (Å²) >= 11 is 3.41. The highest BCUT2D eigenvalue weighted by molar-refractivity contribution is 9.10. The number of carbonyl (C=O) groups excluding carboxylic acids is 1. The fourth-order valence-electron chi connectivity index (χ4n) is 2.47. The van der Waals surface area contributed by atoms with E-state index < -0.39 is 0 Å². The summed E-state index contributed by atoms with van der Waals surface area (Å²) in [6.07, 6.45) is 3.83. The predicted octanol–water partition coefficient (Wildman–Crippen LogP) is 4.95. The van der Waals surface area contributed by atoms with Crippen LogP contribution in [0.1, 0.15) is 46.7 Å². The molecule has 0 radical (unpaired) electrons. The minimum absolute atomic E-state index is 0.0995. The van der Waals surface area contributed by atoms with Crippen LogP contribution in [0.4, 0.5) is 0 Å². The van der Waals surface area contributed by atoms with Crippen LogP contribution < -0.4 is 0 Å². The van der Waals surface area contributed by atoms with E-state index in [1.807, 2.05) is 36.4 Å². The van der Waals surface area contributed by atoms with Crippen LogP contribution in [0.15, 0.2) is 53.0 Å². The Balaban J connectivity index is 1.91. The summed E-state index contributed by atoms with van der Waals surface area (Å²) in [6.45, 7) is 0. The van der Waals surface area contributed by atoms with Crippen LogP contribution in [0.25, 0.3) is 0 Å². The van der Waals surface area contributed by atoms with Gasteiger partial charge in [0.2, 0.25) is 0 Å². The molecule has 3 rings (SSSR count). The standard InChI is InChI=1S/C17H15BrO/c18-16-9-3-8-15(11-16)17(19)14-7-2-6-13(10-14)12-4-1-5-12/h2-3,6-12H,1,4-5H2. The molecular formula is C17H15BrO. The molecule has 1 fully saturated rings. The van der Waals surface area contributed by atoms with E-state index in [0.29, 0.717) is 5.92 Å². The maximum absolute atomic E-state index is 12.5. The maximum Gasteiger partial charge on any atom is 0.193 e. The van der Waals surface area contributed by atoms with Crippen LogP contribution in [-0.2, 0) is 0 Å². The van der Waals surface area contributed by atoms with Crippen LogP contribution in [0.3, 0.4) is 0 Å². The maximum atomic E-state index is 12.5. The minimum Gasteiger partial charge on any atom is -0.289 e. The van der Waals surface area contributed by atoms with Gasteiger partial charge in [0.25, 0.3) is 0 Å². The zero-order valence-corrected chi connectivity index (χ0v) is 12.2. The summed E-state index contributed by atoms with van der Waals surface area (Å²) in [5, 5.41) is 0. The molecule has 0 atom stereocenters. The van der Waals surface area contributed by atoms with E-state index in [4.69, 9.17) is 0 Å². The van der Waals surface area contributed by atoms with Crippen molar-refractivity contribution in [3.8, 4) is 0 Å². The predicted molar refractivity (Wildman–Crippen MR) is 80.6 cm³/mol. The lowest BCUT2D eigenvalue weighted by Crippen LogP contribution is -2.10. The lowest BCUT2D eigenvalue weighted by molar-refractivity contribution is 0.103. The Morgan fingerprint density at radius 3 is 2.32 bits per heavy atom. The zero-order chi connectivity index (χ0) is 13.2. The Morgan fingerprint density at radius 1 is 1.00 bits per heavy atom. The van der Waals surface area contributed by atoms with Gasteiger partial charge >= 0.3 is 0 Å². The molecule has 19 heavy (non-hydrogen) atoms. The van der Waals surface area contributed by atoms with Crippen molar-refractivity contribution in [3.63, 3.8) is 0 Å². The van der Waals surface area contributed by atoms with Gasteiger partial charge in [0.1, 0.15) is 0 Å². The smallest absolute Gasteiger partial charge is 0.193 e. The van der Waals surface area contributed by atoms with Crippen molar-refractivity contribution in [2.75, 3.05) is 0 Å². The molecule has 0 bridgehead atoms. The van der Waals surface area contributed by atoms with Crippen LogP contribution in [0, 0.1) is 0 Å². The van der Waals surface area contributed by atoms with Crippen molar-refractivity contribution >= 4 is 21.7 Å². The van der Waals surface area contributed by atoms with Gasteiger partial charge in [0.15, 0.2) is 5.78 Å². The highest BCUT2D eigenvalue weighted by Crippen LogP contribution is 2.36. The SMILES string of the molecule is O=C(c1cccc(Br)c1)c1cccc(C2CCC2)c1. The Bertz CT molecular complexity index is 614. The first-order valence-electron chi connectivity index (χ1n) is 6.64. The Kier molecular flexibility index (Phi) is 3.52. The second kappa shape index (κ2) is 5.30. The molecule has 1 aliphatic carbocycles. The summed E-state index contributed by atoms with van der Waals surface area (Å²) in [5.74, 6) is 0.762. The molecule has 1 aliphatic rings. The molecule has 0 heterocycles. The van der Waals surface area contributed by atoms with E-state index in [2.05, 4.69) is 28.1 Å². The topological polar surface area (TPSA) is 17.1 Å². The molecule has 0 N–H and O–H groups in total. The lowest BCUT2D eigenvalue weighted by atomic mass is 9.79.